The molecule has 1 unspecified atom stereocenters. The summed E-state index contributed by atoms with van der Waals surface area (Å²) in [7, 11) is 0. The van der Waals surface area contributed by atoms with Gasteiger partial charge in [0, 0.05) is 36.4 Å². The lowest BCUT2D eigenvalue weighted by atomic mass is 9.87. The van der Waals surface area contributed by atoms with Gasteiger partial charge in [-0.1, -0.05) is 29.8 Å². The zero-order valence-corrected chi connectivity index (χ0v) is 15.8. The fraction of sp³-hybridized carbons (Fsp3) is 0.368. The van der Waals surface area contributed by atoms with Crippen LogP contribution in [0.4, 0.5) is 11.8 Å². The third kappa shape index (κ3) is 3.35. The first-order valence-corrected chi connectivity index (χ1v) is 9.54. The van der Waals surface area contributed by atoms with Gasteiger partial charge in [0.1, 0.15) is 5.82 Å². The smallest absolute Gasteiger partial charge is 0.258 e. The molecular weight excluding hydrogens is 382 g/mol. The number of H-pyrrole nitrogens is 1. The lowest BCUT2D eigenvalue weighted by Crippen LogP contribution is -2.41. The Morgan fingerprint density at radius 2 is 1.93 bits per heavy atom. The van der Waals surface area contributed by atoms with Gasteiger partial charge in [0.25, 0.3) is 5.56 Å². The van der Waals surface area contributed by atoms with Gasteiger partial charge in [-0.05, 0) is 24.5 Å². The first-order valence-electron chi connectivity index (χ1n) is 9.16. The molecule has 28 heavy (non-hydrogen) atoms. The minimum Gasteiger partial charge on any atom is -0.369 e. The molecule has 0 aliphatic carbocycles. The Balaban J connectivity index is 1.69. The zero-order chi connectivity index (χ0) is 19.8. The lowest BCUT2D eigenvalue weighted by Gasteiger charge is -2.32. The number of piperidine rings is 1. The minimum absolute atomic E-state index is 0.130. The van der Waals surface area contributed by atoms with Gasteiger partial charge >= 0.3 is 0 Å². The quantitative estimate of drug-likeness (QED) is 0.721. The van der Waals surface area contributed by atoms with E-state index in [0.29, 0.717) is 42.5 Å². The average Bonchev–Trinajstić information content (AvgIpc) is 2.67. The van der Waals surface area contributed by atoms with Crippen LogP contribution >= 0.6 is 11.6 Å². The predicted octanol–water partition coefficient (Wildman–Crippen LogP) is 1.60. The first kappa shape index (κ1) is 18.5. The van der Waals surface area contributed by atoms with Gasteiger partial charge in [0.05, 0.1) is 5.56 Å². The summed E-state index contributed by atoms with van der Waals surface area (Å²) in [5, 5.41) is 3.22. The molecule has 2 aliphatic rings. The fourth-order valence-corrected chi connectivity index (χ4v) is 4.18. The molecule has 4 rings (SSSR count). The summed E-state index contributed by atoms with van der Waals surface area (Å²) < 4.78 is 0. The summed E-state index contributed by atoms with van der Waals surface area (Å²) in [6.07, 6.45) is 1.33. The number of nitrogens with one attached hydrogen (secondary N) is 2. The largest absolute Gasteiger partial charge is 0.369 e. The number of nitrogens with zero attached hydrogens (tertiary/aromatic N) is 2. The summed E-state index contributed by atoms with van der Waals surface area (Å²) in [5.41, 5.74) is 6.20. The van der Waals surface area contributed by atoms with E-state index in [1.807, 2.05) is 17.0 Å². The highest BCUT2D eigenvalue weighted by atomic mass is 35.5. The number of benzene rings is 1. The van der Waals surface area contributed by atoms with Crippen molar-refractivity contribution in [2.45, 2.75) is 25.2 Å². The van der Waals surface area contributed by atoms with Crippen LogP contribution in [-0.4, -0.2) is 34.9 Å². The number of aromatic nitrogens is 2. The number of primary amides is 1. The van der Waals surface area contributed by atoms with Crippen molar-refractivity contribution in [1.29, 1.82) is 0 Å². The molecule has 0 saturated carbocycles. The number of amides is 2. The molecular formula is C19H20ClN5O3. The van der Waals surface area contributed by atoms with Crippen LogP contribution in [0.5, 0.6) is 0 Å². The van der Waals surface area contributed by atoms with E-state index in [4.69, 9.17) is 17.3 Å². The number of nitrogens with two attached hydrogens (primary N) is 1. The van der Waals surface area contributed by atoms with Crippen LogP contribution in [0.2, 0.25) is 5.02 Å². The summed E-state index contributed by atoms with van der Waals surface area (Å²) in [6, 6.07) is 7.18. The molecule has 1 aromatic heterocycles. The normalized spacial score (nSPS) is 19.8. The van der Waals surface area contributed by atoms with Crippen molar-refractivity contribution in [3.05, 3.63) is 50.8 Å². The Kier molecular flexibility index (Phi) is 4.80. The molecule has 146 valence electrons. The van der Waals surface area contributed by atoms with E-state index in [2.05, 4.69) is 15.3 Å². The standard InChI is InChI=1S/C19H20ClN5O3/c20-13-4-2-1-3-11(13)12-9-14(26)22-17-15(12)18(28)24-19(23-17)25-7-5-10(6-8-25)16(21)27/h1-4,10,12H,5-9H2,(H2,21,27)(H2,22,23,24,26,28). The molecule has 4 N–H and O–H groups in total. The maximum Gasteiger partial charge on any atom is 0.258 e. The van der Waals surface area contributed by atoms with Crippen LogP contribution in [-0.2, 0) is 9.59 Å². The second-order valence-electron chi connectivity index (χ2n) is 7.14. The Morgan fingerprint density at radius 1 is 1.21 bits per heavy atom. The Morgan fingerprint density at radius 3 is 2.61 bits per heavy atom. The molecule has 1 aromatic carbocycles. The number of aromatic amines is 1. The molecule has 9 heteroatoms. The van der Waals surface area contributed by atoms with Crippen molar-refractivity contribution in [3.8, 4) is 0 Å². The second-order valence-corrected chi connectivity index (χ2v) is 7.55. The van der Waals surface area contributed by atoms with Gasteiger partial charge in [-0.15, -0.1) is 0 Å². The average molecular weight is 402 g/mol. The van der Waals surface area contributed by atoms with Crippen LogP contribution in [0.15, 0.2) is 29.1 Å². The summed E-state index contributed by atoms with van der Waals surface area (Å²) in [6.45, 7) is 1.11. The molecule has 0 radical (unpaired) electrons. The number of hydrogen-bond donors (Lipinski definition) is 3. The van der Waals surface area contributed by atoms with Crippen molar-refractivity contribution >= 4 is 35.2 Å². The number of carbonyl (C=O) groups is 2. The van der Waals surface area contributed by atoms with Crippen molar-refractivity contribution in [3.63, 3.8) is 0 Å². The Hall–Kier alpha value is -2.87. The van der Waals surface area contributed by atoms with E-state index in [1.54, 1.807) is 12.1 Å². The van der Waals surface area contributed by atoms with Crippen LogP contribution in [0.1, 0.15) is 36.3 Å². The second kappa shape index (κ2) is 7.27. The molecule has 0 spiro atoms. The molecule has 2 aromatic rings. The van der Waals surface area contributed by atoms with E-state index in [9.17, 15) is 14.4 Å². The highest BCUT2D eigenvalue weighted by Gasteiger charge is 2.33. The van der Waals surface area contributed by atoms with Crippen LogP contribution in [0.3, 0.4) is 0 Å². The number of hydrogen-bond acceptors (Lipinski definition) is 5. The maximum absolute atomic E-state index is 12.9. The highest BCUT2D eigenvalue weighted by molar-refractivity contribution is 6.31. The van der Waals surface area contributed by atoms with Gasteiger partial charge in [-0.25, -0.2) is 0 Å². The van der Waals surface area contributed by atoms with Crippen molar-refractivity contribution in [1.82, 2.24) is 9.97 Å². The van der Waals surface area contributed by atoms with Crippen LogP contribution in [0.25, 0.3) is 0 Å². The van der Waals surface area contributed by atoms with E-state index in [0.717, 1.165) is 5.56 Å². The summed E-state index contributed by atoms with van der Waals surface area (Å²) in [5.74, 6) is -0.493. The third-order valence-corrected chi connectivity index (χ3v) is 5.76. The predicted molar refractivity (Wildman–Crippen MR) is 106 cm³/mol. The van der Waals surface area contributed by atoms with Gasteiger partial charge in [0.15, 0.2) is 0 Å². The molecule has 2 amide bonds. The van der Waals surface area contributed by atoms with Crippen molar-refractivity contribution in [2.75, 3.05) is 23.3 Å². The molecule has 2 aliphatic heterocycles. The first-order chi connectivity index (χ1) is 13.4. The molecule has 1 saturated heterocycles. The van der Waals surface area contributed by atoms with Crippen molar-refractivity contribution in [2.24, 2.45) is 11.7 Å². The van der Waals surface area contributed by atoms with E-state index in [-0.39, 0.29) is 35.5 Å². The van der Waals surface area contributed by atoms with Gasteiger partial charge in [-0.2, -0.15) is 4.98 Å². The maximum atomic E-state index is 12.9. The van der Waals surface area contributed by atoms with Gasteiger partial charge in [-0.3, -0.25) is 19.4 Å². The molecule has 1 atom stereocenters. The number of anilines is 2. The topological polar surface area (TPSA) is 121 Å². The Bertz CT molecular complexity index is 997. The Labute approximate surface area is 166 Å². The monoisotopic (exact) mass is 401 g/mol. The van der Waals surface area contributed by atoms with Gasteiger partial charge in [0.2, 0.25) is 17.8 Å². The number of fused-ring (bicyclic) bond motifs is 1. The molecule has 3 heterocycles. The molecule has 8 nitrogen and oxygen atoms in total. The van der Waals surface area contributed by atoms with Gasteiger partial charge < -0.3 is 16.0 Å². The van der Waals surface area contributed by atoms with E-state index in [1.165, 1.54) is 0 Å². The van der Waals surface area contributed by atoms with Crippen LogP contribution < -0.4 is 21.5 Å². The SMILES string of the molecule is NC(=O)C1CCN(c2nc3c(c(=O)[nH]2)C(c2ccccc2Cl)CC(=O)N3)CC1. The summed E-state index contributed by atoms with van der Waals surface area (Å²) in [4.78, 5) is 45.8. The van der Waals surface area contributed by atoms with E-state index >= 15 is 0 Å². The van der Waals surface area contributed by atoms with E-state index < -0.39 is 5.92 Å². The zero-order valence-electron chi connectivity index (χ0n) is 15.1. The summed E-state index contributed by atoms with van der Waals surface area (Å²) >= 11 is 6.31. The molecule has 1 fully saturated rings. The van der Waals surface area contributed by atoms with Crippen molar-refractivity contribution < 1.29 is 9.59 Å². The number of halogens is 1. The number of carbonyl (C=O) groups excluding carboxylic acids is 2. The third-order valence-electron chi connectivity index (χ3n) is 5.42. The number of rotatable bonds is 3. The fourth-order valence-electron chi connectivity index (χ4n) is 3.91. The highest BCUT2D eigenvalue weighted by Crippen LogP contribution is 2.37. The lowest BCUT2D eigenvalue weighted by molar-refractivity contribution is -0.122. The minimum atomic E-state index is -0.455. The molecule has 0 bridgehead atoms. The van der Waals surface area contributed by atoms with Crippen LogP contribution in [0, 0.1) is 5.92 Å².